The second kappa shape index (κ2) is 21.9. The smallest absolute Gasteiger partial charge is 0.0603 e. The van der Waals surface area contributed by atoms with E-state index in [2.05, 4.69) is 236 Å². The number of rotatable bonds is 13. The van der Waals surface area contributed by atoms with Crippen LogP contribution < -0.4 is 0 Å². The zero-order chi connectivity index (χ0) is 50.0. The predicted octanol–water partition coefficient (Wildman–Crippen LogP) is 17.3. The van der Waals surface area contributed by atoms with Gasteiger partial charge >= 0.3 is 0 Å². The standard InChI is InChI=1S/C37H38N3.C30H24N3.Ir/c1-4-5-6-7-8-10-15-29-24-27(2)36(28(3)25-29)39-23-22-38-37(39)30-20-21-35-33(26-30)32-18-13-14-19-34(32)40(35)31-16-11-9-12-17-31;1-20-17-21(2)29(22(3)18-20)32-16-15-31-30(32)23-13-14-28-26(19-23)25-11-7-8-12-27(25)33(28)24-9-5-4-6-10-24;/h9,11-14,16-19,21-26H,4-8,10,15H2,1-3H3;4-12,14-19H,1-3H3;/q2*-1;. The van der Waals surface area contributed by atoms with Crippen LogP contribution in [0.4, 0.5) is 0 Å². The Bertz CT molecular complexity index is 3860. The van der Waals surface area contributed by atoms with Crippen LogP contribution in [0.25, 0.3) is 89.1 Å². The van der Waals surface area contributed by atoms with Gasteiger partial charge in [-0.3, -0.25) is 9.97 Å². The molecule has 0 aliphatic heterocycles. The summed E-state index contributed by atoms with van der Waals surface area (Å²) in [5, 5.41) is 4.88. The molecule has 12 aromatic rings. The molecule has 0 spiro atoms. The second-order valence-corrected chi connectivity index (χ2v) is 19.8. The van der Waals surface area contributed by atoms with E-state index in [1.54, 1.807) is 0 Å². The van der Waals surface area contributed by atoms with Crippen molar-refractivity contribution < 1.29 is 20.1 Å². The van der Waals surface area contributed by atoms with Crippen molar-refractivity contribution in [2.75, 3.05) is 0 Å². The van der Waals surface area contributed by atoms with Gasteiger partial charge in [0, 0.05) is 78.7 Å². The number of para-hydroxylation sites is 4. The quantitative estimate of drug-likeness (QED) is 0.0853. The third-order valence-corrected chi connectivity index (χ3v) is 14.5. The molecule has 371 valence electrons. The first kappa shape index (κ1) is 50.0. The molecule has 0 bridgehead atoms. The summed E-state index contributed by atoms with van der Waals surface area (Å²) < 4.78 is 9.07. The molecule has 6 nitrogen and oxygen atoms in total. The summed E-state index contributed by atoms with van der Waals surface area (Å²) >= 11 is 0. The van der Waals surface area contributed by atoms with E-state index in [9.17, 15) is 0 Å². The fraction of sp³-hybridized carbons (Fsp3) is 0.194. The Labute approximate surface area is 449 Å². The number of benzene rings is 8. The summed E-state index contributed by atoms with van der Waals surface area (Å²) in [6.07, 6.45) is 17.0. The number of fused-ring (bicyclic) bond motifs is 6. The van der Waals surface area contributed by atoms with E-state index in [1.807, 2.05) is 18.6 Å². The van der Waals surface area contributed by atoms with Crippen LogP contribution in [0, 0.1) is 46.8 Å². The fourth-order valence-corrected chi connectivity index (χ4v) is 11.4. The minimum absolute atomic E-state index is 0. The van der Waals surface area contributed by atoms with E-state index in [0.717, 1.165) is 51.6 Å². The zero-order valence-corrected chi connectivity index (χ0v) is 45.7. The molecule has 4 heterocycles. The molecule has 0 saturated heterocycles. The average Bonchev–Trinajstić information content (AvgIpc) is 4.22. The Morgan fingerprint density at radius 1 is 0.432 bits per heavy atom. The second-order valence-electron chi connectivity index (χ2n) is 19.8. The summed E-state index contributed by atoms with van der Waals surface area (Å²) in [6, 6.07) is 63.3. The molecule has 0 amide bonds. The first-order valence-corrected chi connectivity index (χ1v) is 26.0. The Morgan fingerprint density at radius 3 is 1.32 bits per heavy atom. The first-order valence-electron chi connectivity index (χ1n) is 26.0. The van der Waals surface area contributed by atoms with Gasteiger partial charge in [0.2, 0.25) is 0 Å². The van der Waals surface area contributed by atoms with Crippen LogP contribution in [0.2, 0.25) is 0 Å². The van der Waals surface area contributed by atoms with Crippen LogP contribution >= 0.6 is 0 Å². The third-order valence-electron chi connectivity index (χ3n) is 14.5. The largest absolute Gasteiger partial charge is 0.351 e. The van der Waals surface area contributed by atoms with Crippen LogP contribution in [0.3, 0.4) is 0 Å². The Balaban J connectivity index is 0.000000170. The first-order chi connectivity index (χ1) is 35.8. The molecule has 0 fully saturated rings. The van der Waals surface area contributed by atoms with Gasteiger partial charge in [0.25, 0.3) is 0 Å². The van der Waals surface area contributed by atoms with E-state index >= 15 is 0 Å². The molecular formula is C67H62IrN6-2. The normalized spacial score (nSPS) is 11.4. The summed E-state index contributed by atoms with van der Waals surface area (Å²) in [6.45, 7) is 13.2. The van der Waals surface area contributed by atoms with Crippen molar-refractivity contribution in [2.45, 2.75) is 86.5 Å². The van der Waals surface area contributed by atoms with Gasteiger partial charge in [-0.25, -0.2) is 0 Å². The topological polar surface area (TPSA) is 45.5 Å². The van der Waals surface area contributed by atoms with Crippen LogP contribution in [0.5, 0.6) is 0 Å². The maximum absolute atomic E-state index is 4.83. The van der Waals surface area contributed by atoms with E-state index in [0.29, 0.717) is 0 Å². The monoisotopic (exact) mass is 1140 g/mol. The molecule has 0 atom stereocenters. The molecule has 74 heavy (non-hydrogen) atoms. The van der Waals surface area contributed by atoms with E-state index in [1.165, 1.54) is 116 Å². The van der Waals surface area contributed by atoms with Crippen molar-refractivity contribution in [1.82, 2.24) is 28.2 Å². The van der Waals surface area contributed by atoms with Gasteiger partial charge in [-0.05, 0) is 133 Å². The van der Waals surface area contributed by atoms with Crippen molar-refractivity contribution in [3.63, 3.8) is 0 Å². The average molecular weight is 1140 g/mol. The number of aryl methyl sites for hydroxylation is 6. The molecule has 0 saturated carbocycles. The van der Waals surface area contributed by atoms with Gasteiger partial charge in [-0.15, -0.1) is 47.5 Å². The summed E-state index contributed by atoms with van der Waals surface area (Å²) in [5.74, 6) is 1.83. The van der Waals surface area contributed by atoms with Gasteiger partial charge in [-0.1, -0.05) is 152 Å². The summed E-state index contributed by atoms with van der Waals surface area (Å²) in [5.41, 5.74) is 19.2. The zero-order valence-electron chi connectivity index (χ0n) is 43.3. The Hall–Kier alpha value is -7.57. The molecule has 0 aliphatic carbocycles. The molecule has 0 unspecified atom stereocenters. The van der Waals surface area contributed by atoms with Crippen LogP contribution in [-0.4, -0.2) is 28.2 Å². The van der Waals surface area contributed by atoms with Gasteiger partial charge < -0.3 is 18.3 Å². The molecule has 0 aliphatic rings. The van der Waals surface area contributed by atoms with Crippen molar-refractivity contribution >= 4 is 43.6 Å². The number of hydrogen-bond donors (Lipinski definition) is 0. The number of unbranched alkanes of at least 4 members (excludes halogenated alkanes) is 5. The van der Waals surface area contributed by atoms with Crippen molar-refractivity contribution in [3.05, 3.63) is 228 Å². The molecular weight excluding hydrogens is 1080 g/mol. The van der Waals surface area contributed by atoms with Crippen molar-refractivity contribution in [1.29, 1.82) is 0 Å². The molecule has 1 radical (unpaired) electrons. The van der Waals surface area contributed by atoms with E-state index in [-0.39, 0.29) is 20.1 Å². The van der Waals surface area contributed by atoms with Crippen LogP contribution in [0.1, 0.15) is 78.8 Å². The summed E-state index contributed by atoms with van der Waals surface area (Å²) in [7, 11) is 0. The number of nitrogens with zero attached hydrogens (tertiary/aromatic N) is 6. The van der Waals surface area contributed by atoms with E-state index in [4.69, 9.17) is 9.97 Å². The maximum atomic E-state index is 4.83. The van der Waals surface area contributed by atoms with Gasteiger partial charge in [0.15, 0.2) is 0 Å². The maximum Gasteiger partial charge on any atom is 0.0603 e. The fourth-order valence-electron chi connectivity index (χ4n) is 11.4. The number of imidazole rings is 2. The molecule has 4 aromatic heterocycles. The summed E-state index contributed by atoms with van der Waals surface area (Å²) in [4.78, 5) is 9.57. The Morgan fingerprint density at radius 2 is 0.851 bits per heavy atom. The SMILES string of the molecule is CCCCCCCCc1cc(C)c(-n2ccnc2-c2[c-]cc3c(c2)c2ccccc2n3-c2ccccc2)c(C)c1.Cc1cc(C)c(-n2ccnc2-c2[c-]cc3c(c2)c2ccccc2n3-c2ccccc2)c(C)c1.[Ir]. The molecule has 0 N–H and O–H groups in total. The van der Waals surface area contributed by atoms with Crippen LogP contribution in [-0.2, 0) is 26.5 Å². The molecule has 8 aromatic carbocycles. The predicted molar refractivity (Wildman–Crippen MR) is 305 cm³/mol. The van der Waals surface area contributed by atoms with Gasteiger partial charge in [0.05, 0.1) is 11.6 Å². The van der Waals surface area contributed by atoms with Crippen LogP contribution in [0.15, 0.2) is 183 Å². The van der Waals surface area contributed by atoms with Gasteiger partial charge in [0.1, 0.15) is 0 Å². The van der Waals surface area contributed by atoms with E-state index < -0.39 is 0 Å². The number of hydrogen-bond acceptors (Lipinski definition) is 2. The van der Waals surface area contributed by atoms with Gasteiger partial charge in [-0.2, -0.15) is 0 Å². The minimum atomic E-state index is 0. The van der Waals surface area contributed by atoms with Crippen molar-refractivity contribution in [3.8, 4) is 45.5 Å². The molecule has 12 rings (SSSR count). The Kier molecular flexibility index (Phi) is 14.8. The minimum Gasteiger partial charge on any atom is -0.351 e. The number of aromatic nitrogens is 6. The van der Waals surface area contributed by atoms with Crippen molar-refractivity contribution in [2.24, 2.45) is 0 Å². The molecule has 7 heteroatoms. The third kappa shape index (κ3) is 9.59.